The molecule has 29 heavy (non-hydrogen) atoms. The number of nitrogens with zero attached hydrogens (tertiary/aromatic N) is 1. The summed E-state index contributed by atoms with van der Waals surface area (Å²) in [5.74, 6) is -0.937. The van der Waals surface area contributed by atoms with Gasteiger partial charge in [0.15, 0.2) is 6.10 Å². The van der Waals surface area contributed by atoms with E-state index < -0.39 is 23.6 Å². The number of morpholine rings is 1. The first kappa shape index (κ1) is 21.5. The van der Waals surface area contributed by atoms with Crippen LogP contribution in [0.1, 0.15) is 20.8 Å². The van der Waals surface area contributed by atoms with Crippen LogP contribution >= 0.6 is 15.9 Å². The highest BCUT2D eigenvalue weighted by Gasteiger charge is 2.24. The van der Waals surface area contributed by atoms with Crippen LogP contribution < -0.4 is 15.0 Å². The van der Waals surface area contributed by atoms with Crippen molar-refractivity contribution in [2.45, 2.75) is 39.1 Å². The molecule has 1 amide bonds. The number of amides is 1. The maximum absolute atomic E-state index is 14.7. The first-order chi connectivity index (χ1) is 13.7. The molecule has 1 fully saturated rings. The van der Waals surface area contributed by atoms with Crippen LogP contribution in [-0.4, -0.2) is 37.3 Å². The summed E-state index contributed by atoms with van der Waals surface area (Å²) in [4.78, 5) is 14.3. The third-order valence-corrected chi connectivity index (χ3v) is 5.16. The highest BCUT2D eigenvalue weighted by atomic mass is 79.9. The molecule has 0 spiro atoms. The van der Waals surface area contributed by atoms with E-state index in [0.717, 1.165) is 0 Å². The Morgan fingerprint density at radius 2 is 1.90 bits per heavy atom. The van der Waals surface area contributed by atoms with E-state index in [1.165, 1.54) is 24.3 Å². The quantitative estimate of drug-likeness (QED) is 0.687. The molecule has 1 aliphatic heterocycles. The van der Waals surface area contributed by atoms with Crippen molar-refractivity contribution in [1.29, 1.82) is 0 Å². The number of hydrogen-bond acceptors (Lipinski definition) is 4. The van der Waals surface area contributed by atoms with Crippen molar-refractivity contribution in [2.75, 3.05) is 23.3 Å². The maximum Gasteiger partial charge on any atom is 0.265 e. The Morgan fingerprint density at radius 1 is 1.21 bits per heavy atom. The SMILES string of the molecule is CC1CN(c2ccc(NC(=O)C(C)Oc3ccc(F)cc3Br)cc2F)CC(C)O1. The highest BCUT2D eigenvalue weighted by Crippen LogP contribution is 2.28. The maximum atomic E-state index is 14.7. The van der Waals surface area contributed by atoms with E-state index in [-0.39, 0.29) is 12.2 Å². The first-order valence-corrected chi connectivity index (χ1v) is 10.1. The summed E-state index contributed by atoms with van der Waals surface area (Å²) >= 11 is 3.20. The molecule has 1 saturated heterocycles. The van der Waals surface area contributed by atoms with Gasteiger partial charge in [-0.1, -0.05) is 0 Å². The fourth-order valence-electron chi connectivity index (χ4n) is 3.27. The van der Waals surface area contributed by atoms with Crippen molar-refractivity contribution in [3.63, 3.8) is 0 Å². The molecule has 0 bridgehead atoms. The third-order valence-electron chi connectivity index (χ3n) is 4.54. The molecular formula is C21H23BrF2N2O3. The van der Waals surface area contributed by atoms with E-state index in [1.54, 1.807) is 19.1 Å². The van der Waals surface area contributed by atoms with Gasteiger partial charge < -0.3 is 19.7 Å². The van der Waals surface area contributed by atoms with Gasteiger partial charge in [-0.25, -0.2) is 8.78 Å². The molecule has 8 heteroatoms. The smallest absolute Gasteiger partial charge is 0.265 e. The van der Waals surface area contributed by atoms with Gasteiger partial charge in [-0.05, 0) is 73.1 Å². The summed E-state index contributed by atoms with van der Waals surface area (Å²) in [6.45, 7) is 6.67. The van der Waals surface area contributed by atoms with Crippen LogP contribution in [0.2, 0.25) is 0 Å². The molecule has 156 valence electrons. The van der Waals surface area contributed by atoms with Crippen LogP contribution in [0.3, 0.4) is 0 Å². The van der Waals surface area contributed by atoms with Gasteiger partial charge in [0.05, 0.1) is 22.4 Å². The van der Waals surface area contributed by atoms with E-state index >= 15 is 0 Å². The molecule has 0 aromatic heterocycles. The molecule has 1 heterocycles. The zero-order chi connectivity index (χ0) is 21.1. The number of carbonyl (C=O) groups excluding carboxylic acids is 1. The second-order valence-corrected chi connectivity index (χ2v) is 8.01. The molecule has 3 rings (SSSR count). The molecule has 3 unspecified atom stereocenters. The minimum absolute atomic E-state index is 0.0151. The van der Waals surface area contributed by atoms with Crippen LogP contribution in [0.4, 0.5) is 20.2 Å². The number of halogens is 3. The Bertz CT molecular complexity index is 886. The lowest BCUT2D eigenvalue weighted by Gasteiger charge is -2.37. The van der Waals surface area contributed by atoms with Gasteiger partial charge in [0.25, 0.3) is 5.91 Å². The first-order valence-electron chi connectivity index (χ1n) is 9.35. The molecule has 0 radical (unpaired) electrons. The lowest BCUT2D eigenvalue weighted by atomic mass is 10.1. The lowest BCUT2D eigenvalue weighted by molar-refractivity contribution is -0.122. The number of benzene rings is 2. The summed E-state index contributed by atoms with van der Waals surface area (Å²) < 4.78 is 39.5. The summed E-state index contributed by atoms with van der Waals surface area (Å²) in [5, 5.41) is 2.64. The van der Waals surface area contributed by atoms with Crippen LogP contribution in [0.5, 0.6) is 5.75 Å². The Morgan fingerprint density at radius 3 is 2.52 bits per heavy atom. The van der Waals surface area contributed by atoms with Crippen LogP contribution in [-0.2, 0) is 9.53 Å². The summed E-state index contributed by atoms with van der Waals surface area (Å²) in [7, 11) is 0. The number of carbonyl (C=O) groups is 1. The third kappa shape index (κ3) is 5.45. The van der Waals surface area contributed by atoms with E-state index in [0.29, 0.717) is 34.7 Å². The minimum Gasteiger partial charge on any atom is -0.480 e. The number of nitrogens with one attached hydrogen (secondary N) is 1. The average molecular weight is 469 g/mol. The molecule has 5 nitrogen and oxygen atoms in total. The predicted molar refractivity (Wildman–Crippen MR) is 111 cm³/mol. The standard InChI is InChI=1S/C21H23BrF2N2O3/c1-12-10-26(11-13(2)28-12)19-6-5-16(9-18(19)24)25-21(27)14(3)29-20-7-4-15(23)8-17(20)22/h4-9,12-14H,10-11H2,1-3H3,(H,25,27). The van der Waals surface area contributed by atoms with Crippen LogP contribution in [0, 0.1) is 11.6 Å². The van der Waals surface area contributed by atoms with Gasteiger partial charge >= 0.3 is 0 Å². The van der Waals surface area contributed by atoms with E-state index in [2.05, 4.69) is 21.2 Å². The zero-order valence-electron chi connectivity index (χ0n) is 16.4. The monoisotopic (exact) mass is 468 g/mol. The Kier molecular flexibility index (Phi) is 6.74. The van der Waals surface area contributed by atoms with Crippen molar-refractivity contribution in [3.8, 4) is 5.75 Å². The lowest BCUT2D eigenvalue weighted by Crippen LogP contribution is -2.45. The number of rotatable bonds is 5. The molecule has 1 N–H and O–H groups in total. The number of hydrogen-bond donors (Lipinski definition) is 1. The van der Waals surface area contributed by atoms with E-state index in [9.17, 15) is 13.6 Å². The van der Waals surface area contributed by atoms with Gasteiger partial charge in [0, 0.05) is 18.8 Å². The predicted octanol–water partition coefficient (Wildman–Crippen LogP) is 4.75. The fraction of sp³-hybridized carbons (Fsp3) is 0.381. The molecule has 0 saturated carbocycles. The van der Waals surface area contributed by atoms with E-state index in [1.807, 2.05) is 18.7 Å². The Hall–Kier alpha value is -2.19. The van der Waals surface area contributed by atoms with Crippen molar-refractivity contribution >= 4 is 33.2 Å². The normalized spacial score (nSPS) is 20.3. The molecule has 3 atom stereocenters. The fourth-order valence-corrected chi connectivity index (χ4v) is 3.72. The Labute approximate surface area is 177 Å². The summed E-state index contributed by atoms with van der Waals surface area (Å²) in [6, 6.07) is 8.52. The summed E-state index contributed by atoms with van der Waals surface area (Å²) in [5.41, 5.74) is 0.809. The highest BCUT2D eigenvalue weighted by molar-refractivity contribution is 9.10. The van der Waals surface area contributed by atoms with Gasteiger partial charge in [-0.15, -0.1) is 0 Å². The van der Waals surface area contributed by atoms with Crippen LogP contribution in [0.15, 0.2) is 40.9 Å². The molecule has 2 aromatic carbocycles. The van der Waals surface area contributed by atoms with Gasteiger partial charge in [-0.2, -0.15) is 0 Å². The largest absolute Gasteiger partial charge is 0.480 e. The van der Waals surface area contributed by atoms with Crippen molar-refractivity contribution in [2.24, 2.45) is 0 Å². The van der Waals surface area contributed by atoms with Gasteiger partial charge in [-0.3, -0.25) is 4.79 Å². The molecule has 2 aromatic rings. The van der Waals surface area contributed by atoms with Crippen molar-refractivity contribution in [3.05, 3.63) is 52.5 Å². The second-order valence-electron chi connectivity index (χ2n) is 7.15. The van der Waals surface area contributed by atoms with E-state index in [4.69, 9.17) is 9.47 Å². The van der Waals surface area contributed by atoms with Crippen LogP contribution in [0.25, 0.3) is 0 Å². The topological polar surface area (TPSA) is 50.8 Å². The Balaban J connectivity index is 1.65. The summed E-state index contributed by atoms with van der Waals surface area (Å²) in [6.07, 6.45) is -0.830. The second kappa shape index (κ2) is 9.09. The molecular weight excluding hydrogens is 446 g/mol. The average Bonchev–Trinajstić information content (AvgIpc) is 2.63. The number of anilines is 2. The number of ether oxygens (including phenoxy) is 2. The zero-order valence-corrected chi connectivity index (χ0v) is 18.0. The van der Waals surface area contributed by atoms with Crippen molar-refractivity contribution < 1.29 is 23.0 Å². The van der Waals surface area contributed by atoms with Crippen molar-refractivity contribution in [1.82, 2.24) is 0 Å². The molecule has 1 aliphatic rings. The van der Waals surface area contributed by atoms with Gasteiger partial charge in [0.1, 0.15) is 17.4 Å². The minimum atomic E-state index is -0.861. The van der Waals surface area contributed by atoms with Gasteiger partial charge in [0.2, 0.25) is 0 Å². The molecule has 0 aliphatic carbocycles.